The van der Waals surface area contributed by atoms with Crippen LogP contribution in [0.2, 0.25) is 0 Å². The lowest BCUT2D eigenvalue weighted by molar-refractivity contribution is 0.357. The number of nitrogens with one attached hydrogen (secondary N) is 1. The number of rotatable bonds is 5. The third-order valence-corrected chi connectivity index (χ3v) is 5.42. The summed E-state index contributed by atoms with van der Waals surface area (Å²) in [6.07, 6.45) is 3.69. The van der Waals surface area contributed by atoms with Crippen molar-refractivity contribution in [2.24, 2.45) is 11.8 Å². The third-order valence-electron chi connectivity index (χ3n) is 3.44. The molecule has 0 spiro atoms. The Morgan fingerprint density at radius 2 is 2.22 bits per heavy atom. The minimum Gasteiger partial charge on any atom is -0.307 e. The zero-order chi connectivity index (χ0) is 13.3. The molecule has 7 heteroatoms. The highest BCUT2D eigenvalue weighted by Crippen LogP contribution is 2.36. The molecule has 0 radical (unpaired) electrons. The van der Waals surface area contributed by atoms with Gasteiger partial charge in [0, 0.05) is 19.3 Å². The van der Waals surface area contributed by atoms with Crippen molar-refractivity contribution >= 4 is 15.8 Å². The summed E-state index contributed by atoms with van der Waals surface area (Å²) in [7, 11) is -1.95. The predicted molar refractivity (Wildman–Crippen MR) is 69.2 cm³/mol. The monoisotopic (exact) mass is 270 g/mol. The quantitative estimate of drug-likeness (QED) is 0.610. The summed E-state index contributed by atoms with van der Waals surface area (Å²) in [5.74, 6) is 5.94. The predicted octanol–water partition coefficient (Wildman–Crippen LogP) is 0.786. The van der Waals surface area contributed by atoms with Crippen LogP contribution in [0.3, 0.4) is 0 Å². The Bertz CT molecular complexity index is 528. The highest BCUT2D eigenvalue weighted by molar-refractivity contribution is 7.89. The molecule has 1 aliphatic rings. The fourth-order valence-electron chi connectivity index (χ4n) is 1.96. The molecule has 1 heterocycles. The van der Waals surface area contributed by atoms with Crippen LogP contribution in [0.25, 0.3) is 0 Å². The van der Waals surface area contributed by atoms with E-state index in [9.17, 15) is 8.42 Å². The van der Waals surface area contributed by atoms with E-state index in [1.807, 2.05) is 6.92 Å². The van der Waals surface area contributed by atoms with Crippen LogP contribution in [0, 0.1) is 5.92 Å². The van der Waals surface area contributed by atoms with Gasteiger partial charge in [-0.3, -0.25) is 0 Å². The molecule has 100 valence electrons. The standard InChI is InChI=1S/C11H18N4O2S/c1-8(9-5-6-9)15(2)18(16,17)10-4-3-7-13-11(10)14-12/h3-4,7-9H,5-6,12H2,1-2H3,(H,13,14). The highest BCUT2D eigenvalue weighted by atomic mass is 32.2. The lowest BCUT2D eigenvalue weighted by atomic mass is 10.2. The Labute approximate surface area is 107 Å². The summed E-state index contributed by atoms with van der Waals surface area (Å²) in [6.45, 7) is 1.93. The Kier molecular flexibility index (Phi) is 3.56. The van der Waals surface area contributed by atoms with Crippen molar-refractivity contribution in [1.29, 1.82) is 0 Å². The van der Waals surface area contributed by atoms with Crippen LogP contribution in [0.15, 0.2) is 23.2 Å². The molecule has 1 atom stereocenters. The molecule has 18 heavy (non-hydrogen) atoms. The average molecular weight is 270 g/mol. The maximum atomic E-state index is 12.5. The molecule has 0 aromatic carbocycles. The second-order valence-electron chi connectivity index (χ2n) is 4.59. The number of pyridine rings is 1. The van der Waals surface area contributed by atoms with Gasteiger partial charge in [0.05, 0.1) is 0 Å². The van der Waals surface area contributed by atoms with Crippen molar-refractivity contribution in [3.8, 4) is 0 Å². The molecule has 1 aromatic heterocycles. The van der Waals surface area contributed by atoms with Crippen molar-refractivity contribution in [2.75, 3.05) is 12.5 Å². The highest BCUT2D eigenvalue weighted by Gasteiger charge is 2.36. The van der Waals surface area contributed by atoms with Gasteiger partial charge < -0.3 is 5.43 Å². The summed E-state index contributed by atoms with van der Waals surface area (Å²) < 4.78 is 26.4. The molecule has 0 amide bonds. The number of anilines is 1. The second-order valence-corrected chi connectivity index (χ2v) is 6.56. The summed E-state index contributed by atoms with van der Waals surface area (Å²) in [5, 5.41) is 0. The molecular weight excluding hydrogens is 252 g/mol. The largest absolute Gasteiger partial charge is 0.307 e. The van der Waals surface area contributed by atoms with Gasteiger partial charge in [-0.2, -0.15) is 4.31 Å². The first-order valence-corrected chi connectivity index (χ1v) is 7.32. The van der Waals surface area contributed by atoms with E-state index >= 15 is 0 Å². The van der Waals surface area contributed by atoms with Crippen LogP contribution in [0.5, 0.6) is 0 Å². The normalized spacial score (nSPS) is 17.8. The zero-order valence-corrected chi connectivity index (χ0v) is 11.3. The summed E-state index contributed by atoms with van der Waals surface area (Å²) in [4.78, 5) is 4.04. The minimum absolute atomic E-state index is 0.000769. The van der Waals surface area contributed by atoms with Gasteiger partial charge in [0.15, 0.2) is 5.82 Å². The van der Waals surface area contributed by atoms with Crippen molar-refractivity contribution in [2.45, 2.75) is 30.7 Å². The van der Waals surface area contributed by atoms with Crippen molar-refractivity contribution in [3.05, 3.63) is 18.3 Å². The van der Waals surface area contributed by atoms with Gasteiger partial charge in [0.2, 0.25) is 10.0 Å². The van der Waals surface area contributed by atoms with E-state index in [2.05, 4.69) is 10.4 Å². The number of aromatic nitrogens is 1. The molecule has 1 saturated carbocycles. The number of nitrogens with zero attached hydrogens (tertiary/aromatic N) is 2. The molecule has 0 bridgehead atoms. The molecule has 1 fully saturated rings. The first-order valence-electron chi connectivity index (χ1n) is 5.88. The Morgan fingerprint density at radius 1 is 1.56 bits per heavy atom. The van der Waals surface area contributed by atoms with Gasteiger partial charge in [-0.15, -0.1) is 0 Å². The SMILES string of the molecule is CC(C1CC1)N(C)S(=O)(=O)c1cccnc1NN. The van der Waals surface area contributed by atoms with E-state index < -0.39 is 10.0 Å². The number of nitrogens with two attached hydrogens (primary N) is 1. The molecule has 1 aliphatic carbocycles. The van der Waals surface area contributed by atoms with Gasteiger partial charge in [-0.25, -0.2) is 19.2 Å². The van der Waals surface area contributed by atoms with Crippen LogP contribution < -0.4 is 11.3 Å². The number of nitrogen functional groups attached to an aromatic ring is 1. The van der Waals surface area contributed by atoms with Crippen molar-refractivity contribution in [3.63, 3.8) is 0 Å². The summed E-state index contributed by atoms with van der Waals surface area (Å²) >= 11 is 0. The summed E-state index contributed by atoms with van der Waals surface area (Å²) in [5.41, 5.74) is 2.32. The Morgan fingerprint density at radius 3 is 2.78 bits per heavy atom. The van der Waals surface area contributed by atoms with Gasteiger partial charge in [-0.05, 0) is 37.8 Å². The van der Waals surface area contributed by atoms with Gasteiger partial charge in [0.25, 0.3) is 0 Å². The smallest absolute Gasteiger partial charge is 0.246 e. The minimum atomic E-state index is -3.56. The molecule has 6 nitrogen and oxygen atoms in total. The zero-order valence-electron chi connectivity index (χ0n) is 10.5. The van der Waals surface area contributed by atoms with Gasteiger partial charge >= 0.3 is 0 Å². The van der Waals surface area contributed by atoms with E-state index in [0.717, 1.165) is 12.8 Å². The van der Waals surface area contributed by atoms with E-state index in [1.165, 1.54) is 16.6 Å². The molecule has 2 rings (SSSR count). The number of hydrogen-bond acceptors (Lipinski definition) is 5. The molecule has 1 unspecified atom stereocenters. The van der Waals surface area contributed by atoms with Gasteiger partial charge in [0.1, 0.15) is 4.90 Å². The Balaban J connectivity index is 2.34. The maximum Gasteiger partial charge on any atom is 0.246 e. The van der Waals surface area contributed by atoms with Crippen molar-refractivity contribution in [1.82, 2.24) is 9.29 Å². The van der Waals surface area contributed by atoms with Crippen LogP contribution >= 0.6 is 0 Å². The van der Waals surface area contributed by atoms with Crippen LogP contribution in [0.1, 0.15) is 19.8 Å². The third kappa shape index (κ3) is 2.33. The first kappa shape index (κ1) is 13.3. The molecule has 0 aliphatic heterocycles. The fourth-order valence-corrected chi connectivity index (χ4v) is 3.48. The Hall–Kier alpha value is -1.18. The van der Waals surface area contributed by atoms with Crippen LogP contribution in [0.4, 0.5) is 5.82 Å². The van der Waals surface area contributed by atoms with E-state index in [4.69, 9.17) is 5.84 Å². The van der Waals surface area contributed by atoms with Crippen molar-refractivity contribution < 1.29 is 8.42 Å². The average Bonchev–Trinajstić information content (AvgIpc) is 3.21. The van der Waals surface area contributed by atoms with Crippen LogP contribution in [-0.2, 0) is 10.0 Å². The molecule has 1 aromatic rings. The topological polar surface area (TPSA) is 88.3 Å². The maximum absolute atomic E-state index is 12.5. The summed E-state index contributed by atoms with van der Waals surface area (Å²) in [6, 6.07) is 3.10. The van der Waals surface area contributed by atoms with E-state index in [-0.39, 0.29) is 16.8 Å². The number of hydrazine groups is 1. The van der Waals surface area contributed by atoms with E-state index in [1.54, 1.807) is 13.1 Å². The lowest BCUT2D eigenvalue weighted by Gasteiger charge is -2.24. The number of hydrogen-bond donors (Lipinski definition) is 2. The number of sulfonamides is 1. The van der Waals surface area contributed by atoms with Crippen LogP contribution in [-0.4, -0.2) is 30.8 Å². The first-order chi connectivity index (χ1) is 8.48. The molecule has 0 saturated heterocycles. The molecular formula is C11H18N4O2S. The molecule has 3 N–H and O–H groups in total. The van der Waals surface area contributed by atoms with Gasteiger partial charge in [-0.1, -0.05) is 0 Å². The second kappa shape index (κ2) is 4.83. The fraction of sp³-hybridized carbons (Fsp3) is 0.545. The lowest BCUT2D eigenvalue weighted by Crippen LogP contribution is -2.37. The van der Waals surface area contributed by atoms with E-state index in [0.29, 0.717) is 5.92 Å².